The van der Waals surface area contributed by atoms with Crippen molar-refractivity contribution in [3.8, 4) is 0 Å². The fourth-order valence-electron chi connectivity index (χ4n) is 1.99. The van der Waals surface area contributed by atoms with Crippen LogP contribution in [0.25, 0.3) is 0 Å². The van der Waals surface area contributed by atoms with Crippen LogP contribution in [0, 0.1) is 0 Å². The summed E-state index contributed by atoms with van der Waals surface area (Å²) in [5.41, 5.74) is 3.09. The third kappa shape index (κ3) is 3.22. The van der Waals surface area contributed by atoms with Crippen LogP contribution in [-0.4, -0.2) is 18.1 Å². The summed E-state index contributed by atoms with van der Waals surface area (Å²) < 4.78 is 5.30. The van der Waals surface area contributed by atoms with Crippen LogP contribution in [0.1, 0.15) is 31.9 Å². The first-order chi connectivity index (χ1) is 7.94. The number of carbonyl (C=O) groups excluding carboxylic acids is 1. The molecule has 0 spiro atoms. The van der Waals surface area contributed by atoms with E-state index in [-0.39, 0.29) is 5.97 Å². The van der Waals surface area contributed by atoms with Crippen LogP contribution in [-0.2, 0) is 22.4 Å². The zero-order chi connectivity index (χ0) is 12.5. The lowest BCUT2D eigenvalue weighted by Gasteiger charge is -2.19. The lowest BCUT2D eigenvalue weighted by molar-refractivity contribution is -0.153. The topological polar surface area (TPSA) is 38.3 Å². The van der Waals surface area contributed by atoms with Crippen molar-refractivity contribution in [1.29, 1.82) is 0 Å². The SMILES string of the molecule is CC(C)(C)OC(=O)Cc1ccc2c(c1)NCC2. The molecule has 0 aromatic heterocycles. The molecular weight excluding hydrogens is 214 g/mol. The van der Waals surface area contributed by atoms with E-state index in [1.807, 2.05) is 32.9 Å². The van der Waals surface area contributed by atoms with Gasteiger partial charge in [0.25, 0.3) is 0 Å². The van der Waals surface area contributed by atoms with Crippen LogP contribution >= 0.6 is 0 Å². The van der Waals surface area contributed by atoms with Gasteiger partial charge >= 0.3 is 5.97 Å². The molecule has 2 rings (SSSR count). The maximum atomic E-state index is 11.7. The second-order valence-corrected chi connectivity index (χ2v) is 5.43. The van der Waals surface area contributed by atoms with Gasteiger partial charge in [-0.05, 0) is 44.4 Å². The van der Waals surface area contributed by atoms with Gasteiger partial charge in [-0.25, -0.2) is 0 Å². The molecule has 92 valence electrons. The third-order valence-electron chi connectivity index (χ3n) is 2.65. The predicted molar refractivity (Wildman–Crippen MR) is 68.2 cm³/mol. The molecular formula is C14H19NO2. The Morgan fingerprint density at radius 3 is 2.88 bits per heavy atom. The highest BCUT2D eigenvalue weighted by Gasteiger charge is 2.17. The van der Waals surface area contributed by atoms with Gasteiger partial charge in [-0.1, -0.05) is 12.1 Å². The minimum Gasteiger partial charge on any atom is -0.460 e. The Balaban J connectivity index is 2.02. The summed E-state index contributed by atoms with van der Waals surface area (Å²) in [6, 6.07) is 6.15. The zero-order valence-corrected chi connectivity index (χ0v) is 10.7. The number of ether oxygens (including phenoxy) is 1. The number of hydrogen-bond donors (Lipinski definition) is 1. The van der Waals surface area contributed by atoms with Crippen molar-refractivity contribution < 1.29 is 9.53 Å². The molecule has 3 nitrogen and oxygen atoms in total. The molecule has 0 amide bonds. The van der Waals surface area contributed by atoms with Gasteiger partial charge in [0.2, 0.25) is 0 Å². The van der Waals surface area contributed by atoms with E-state index in [2.05, 4.69) is 11.4 Å². The van der Waals surface area contributed by atoms with Gasteiger partial charge < -0.3 is 10.1 Å². The van der Waals surface area contributed by atoms with Crippen LogP contribution < -0.4 is 5.32 Å². The molecule has 0 unspecified atom stereocenters. The molecule has 1 aliphatic rings. The van der Waals surface area contributed by atoms with Gasteiger partial charge in [0.15, 0.2) is 0 Å². The number of fused-ring (bicyclic) bond motifs is 1. The van der Waals surface area contributed by atoms with E-state index in [4.69, 9.17) is 4.74 Å². The minimum atomic E-state index is -0.411. The molecule has 0 saturated heterocycles. The summed E-state index contributed by atoms with van der Waals surface area (Å²) in [5.74, 6) is -0.171. The van der Waals surface area contributed by atoms with Gasteiger partial charge in [0, 0.05) is 12.2 Å². The second-order valence-electron chi connectivity index (χ2n) is 5.43. The van der Waals surface area contributed by atoms with E-state index in [0.717, 1.165) is 24.2 Å². The molecule has 1 heterocycles. The molecule has 1 aromatic carbocycles. The first-order valence-corrected chi connectivity index (χ1v) is 6.01. The standard InChI is InChI=1S/C14H19NO2/c1-14(2,3)17-13(16)9-10-4-5-11-6-7-15-12(11)8-10/h4-5,8,15H,6-7,9H2,1-3H3. The van der Waals surface area contributed by atoms with Gasteiger partial charge in [0.1, 0.15) is 5.60 Å². The molecule has 0 radical (unpaired) electrons. The summed E-state index contributed by atoms with van der Waals surface area (Å²) in [6.45, 7) is 6.64. The largest absolute Gasteiger partial charge is 0.460 e. The number of esters is 1. The molecule has 17 heavy (non-hydrogen) atoms. The van der Waals surface area contributed by atoms with E-state index in [0.29, 0.717) is 6.42 Å². The second kappa shape index (κ2) is 4.40. The van der Waals surface area contributed by atoms with Gasteiger partial charge in [-0.3, -0.25) is 4.79 Å². The molecule has 3 heteroatoms. The molecule has 1 N–H and O–H groups in total. The van der Waals surface area contributed by atoms with Crippen molar-refractivity contribution in [2.24, 2.45) is 0 Å². The summed E-state index contributed by atoms with van der Waals surface area (Å²) in [7, 11) is 0. The third-order valence-corrected chi connectivity index (χ3v) is 2.65. The number of anilines is 1. The fraction of sp³-hybridized carbons (Fsp3) is 0.500. The maximum Gasteiger partial charge on any atom is 0.310 e. The molecule has 1 aliphatic heterocycles. The van der Waals surface area contributed by atoms with E-state index in [9.17, 15) is 4.79 Å². The molecule has 0 saturated carbocycles. The Bertz CT molecular complexity index is 432. The Labute approximate surface area is 102 Å². The summed E-state index contributed by atoms with van der Waals surface area (Å²) in [5, 5.41) is 3.31. The first kappa shape index (κ1) is 12.0. The maximum absolute atomic E-state index is 11.7. The van der Waals surface area contributed by atoms with Crippen molar-refractivity contribution in [3.63, 3.8) is 0 Å². The van der Waals surface area contributed by atoms with Crippen molar-refractivity contribution in [2.45, 2.75) is 39.2 Å². The van der Waals surface area contributed by atoms with E-state index in [1.165, 1.54) is 5.56 Å². The van der Waals surface area contributed by atoms with Crippen LogP contribution in [0.3, 0.4) is 0 Å². The number of benzene rings is 1. The lowest BCUT2D eigenvalue weighted by atomic mass is 10.1. The summed E-state index contributed by atoms with van der Waals surface area (Å²) in [6.07, 6.45) is 1.41. The Morgan fingerprint density at radius 1 is 1.41 bits per heavy atom. The Morgan fingerprint density at radius 2 is 2.18 bits per heavy atom. The highest BCUT2D eigenvalue weighted by Crippen LogP contribution is 2.23. The number of carbonyl (C=O) groups is 1. The van der Waals surface area contributed by atoms with Crippen LogP contribution in [0.4, 0.5) is 5.69 Å². The van der Waals surface area contributed by atoms with Crippen molar-refractivity contribution in [1.82, 2.24) is 0 Å². The molecule has 0 atom stereocenters. The van der Waals surface area contributed by atoms with Gasteiger partial charge in [-0.15, -0.1) is 0 Å². The summed E-state index contributed by atoms with van der Waals surface area (Å²) in [4.78, 5) is 11.7. The predicted octanol–water partition coefficient (Wildman–Crippen LogP) is 2.54. The molecule has 0 aliphatic carbocycles. The molecule has 0 fully saturated rings. The van der Waals surface area contributed by atoms with E-state index in [1.54, 1.807) is 0 Å². The quantitative estimate of drug-likeness (QED) is 0.798. The van der Waals surface area contributed by atoms with Crippen LogP contribution in [0.5, 0.6) is 0 Å². The number of rotatable bonds is 2. The van der Waals surface area contributed by atoms with Gasteiger partial charge in [-0.2, -0.15) is 0 Å². The molecule has 1 aromatic rings. The Kier molecular flexibility index (Phi) is 3.09. The van der Waals surface area contributed by atoms with Crippen molar-refractivity contribution in [2.75, 3.05) is 11.9 Å². The first-order valence-electron chi connectivity index (χ1n) is 6.01. The average Bonchev–Trinajstić information content (AvgIpc) is 2.61. The minimum absolute atomic E-state index is 0.171. The Hall–Kier alpha value is -1.51. The molecule has 0 bridgehead atoms. The lowest BCUT2D eigenvalue weighted by Crippen LogP contribution is -2.24. The normalized spacial score (nSPS) is 14.1. The highest BCUT2D eigenvalue weighted by atomic mass is 16.6. The van der Waals surface area contributed by atoms with E-state index < -0.39 is 5.60 Å². The summed E-state index contributed by atoms with van der Waals surface area (Å²) >= 11 is 0. The average molecular weight is 233 g/mol. The number of hydrogen-bond acceptors (Lipinski definition) is 3. The zero-order valence-electron chi connectivity index (χ0n) is 10.7. The van der Waals surface area contributed by atoms with E-state index >= 15 is 0 Å². The van der Waals surface area contributed by atoms with Crippen LogP contribution in [0.15, 0.2) is 18.2 Å². The van der Waals surface area contributed by atoms with Gasteiger partial charge in [0.05, 0.1) is 6.42 Å². The van der Waals surface area contributed by atoms with Crippen molar-refractivity contribution in [3.05, 3.63) is 29.3 Å². The smallest absolute Gasteiger partial charge is 0.310 e. The monoisotopic (exact) mass is 233 g/mol. The number of nitrogens with one attached hydrogen (secondary N) is 1. The van der Waals surface area contributed by atoms with Crippen LogP contribution in [0.2, 0.25) is 0 Å². The highest BCUT2D eigenvalue weighted by molar-refractivity contribution is 5.74. The fourth-order valence-corrected chi connectivity index (χ4v) is 1.99. The van der Waals surface area contributed by atoms with Crippen molar-refractivity contribution >= 4 is 11.7 Å².